The summed E-state index contributed by atoms with van der Waals surface area (Å²) in [6.45, 7) is 3.84. The first kappa shape index (κ1) is 15.7. The molecule has 0 atom stereocenters. The van der Waals surface area contributed by atoms with Gasteiger partial charge in [-0.05, 0) is 48.7 Å². The second-order valence-electron chi connectivity index (χ2n) is 5.15. The Morgan fingerprint density at radius 1 is 1.05 bits per heavy atom. The standard InChI is InChI=1S/C16H18FNO2S/c1-11-3-6-16(12(2)7-11)21(19,20)10-14-8-15(17)5-4-13(14)9-18/h3-8H,9-10,18H2,1-2H3. The Morgan fingerprint density at radius 2 is 1.76 bits per heavy atom. The van der Waals surface area contributed by atoms with Crippen LogP contribution in [0.2, 0.25) is 0 Å². The molecule has 2 rings (SSSR count). The fourth-order valence-corrected chi connectivity index (χ4v) is 4.02. The lowest BCUT2D eigenvalue weighted by Crippen LogP contribution is -2.10. The highest BCUT2D eigenvalue weighted by molar-refractivity contribution is 7.90. The van der Waals surface area contributed by atoms with Crippen LogP contribution in [0.4, 0.5) is 4.39 Å². The molecule has 2 aromatic rings. The SMILES string of the molecule is Cc1ccc(S(=O)(=O)Cc2cc(F)ccc2CN)c(C)c1. The van der Waals surface area contributed by atoms with Crippen molar-refractivity contribution in [3.63, 3.8) is 0 Å². The highest BCUT2D eigenvalue weighted by atomic mass is 32.2. The summed E-state index contributed by atoms with van der Waals surface area (Å²) in [5.74, 6) is -0.709. The summed E-state index contributed by atoms with van der Waals surface area (Å²) in [5, 5.41) is 0. The molecule has 0 aromatic heterocycles. The number of rotatable bonds is 4. The number of sulfone groups is 1. The molecule has 0 saturated heterocycles. The summed E-state index contributed by atoms with van der Waals surface area (Å²) in [7, 11) is -3.53. The van der Waals surface area contributed by atoms with Gasteiger partial charge in [-0.1, -0.05) is 23.8 Å². The molecular weight excluding hydrogens is 289 g/mol. The fourth-order valence-electron chi connectivity index (χ4n) is 2.36. The fraction of sp³-hybridized carbons (Fsp3) is 0.250. The van der Waals surface area contributed by atoms with Crippen LogP contribution in [0, 0.1) is 19.7 Å². The van der Waals surface area contributed by atoms with Crippen LogP contribution in [0.5, 0.6) is 0 Å². The van der Waals surface area contributed by atoms with Crippen molar-refractivity contribution >= 4 is 9.84 Å². The van der Waals surface area contributed by atoms with Crippen LogP contribution >= 0.6 is 0 Å². The lowest BCUT2D eigenvalue weighted by atomic mass is 10.1. The topological polar surface area (TPSA) is 60.2 Å². The van der Waals surface area contributed by atoms with Gasteiger partial charge in [-0.3, -0.25) is 0 Å². The molecule has 2 N–H and O–H groups in total. The molecule has 0 amide bonds. The molecule has 0 radical (unpaired) electrons. The summed E-state index contributed by atoms with van der Waals surface area (Å²) in [6.07, 6.45) is 0. The highest BCUT2D eigenvalue weighted by Crippen LogP contribution is 2.23. The van der Waals surface area contributed by atoms with E-state index in [1.807, 2.05) is 13.0 Å². The number of hydrogen-bond donors (Lipinski definition) is 1. The molecule has 0 unspecified atom stereocenters. The number of benzene rings is 2. The number of nitrogens with two attached hydrogens (primary N) is 1. The quantitative estimate of drug-likeness (QED) is 0.945. The van der Waals surface area contributed by atoms with Crippen LogP contribution in [0.1, 0.15) is 22.3 Å². The van der Waals surface area contributed by atoms with Gasteiger partial charge in [0, 0.05) is 6.54 Å². The van der Waals surface area contributed by atoms with E-state index in [1.54, 1.807) is 19.1 Å². The summed E-state index contributed by atoms with van der Waals surface area (Å²) in [5.41, 5.74) is 8.34. The minimum absolute atomic E-state index is 0.179. The molecule has 0 heterocycles. The lowest BCUT2D eigenvalue weighted by Gasteiger charge is -2.11. The third kappa shape index (κ3) is 3.49. The Labute approximate surface area is 124 Å². The Balaban J connectivity index is 2.44. The van der Waals surface area contributed by atoms with Gasteiger partial charge in [0.15, 0.2) is 9.84 Å². The molecule has 21 heavy (non-hydrogen) atoms. The molecule has 112 valence electrons. The van der Waals surface area contributed by atoms with Crippen LogP contribution in [-0.4, -0.2) is 8.42 Å². The zero-order valence-corrected chi connectivity index (χ0v) is 12.9. The molecule has 0 aliphatic rings. The van der Waals surface area contributed by atoms with Crippen LogP contribution in [0.25, 0.3) is 0 Å². The highest BCUT2D eigenvalue weighted by Gasteiger charge is 2.19. The predicted molar refractivity (Wildman–Crippen MR) is 81.1 cm³/mol. The van der Waals surface area contributed by atoms with Crippen molar-refractivity contribution in [2.45, 2.75) is 31.0 Å². The molecule has 0 spiro atoms. The largest absolute Gasteiger partial charge is 0.326 e. The smallest absolute Gasteiger partial charge is 0.182 e. The summed E-state index contributed by atoms with van der Waals surface area (Å²) < 4.78 is 38.5. The van der Waals surface area contributed by atoms with Gasteiger partial charge in [0.05, 0.1) is 10.6 Å². The first-order chi connectivity index (χ1) is 9.83. The van der Waals surface area contributed by atoms with Crippen molar-refractivity contribution in [2.75, 3.05) is 0 Å². The van der Waals surface area contributed by atoms with Gasteiger partial charge in [0.2, 0.25) is 0 Å². The van der Waals surface area contributed by atoms with Crippen molar-refractivity contribution < 1.29 is 12.8 Å². The van der Waals surface area contributed by atoms with E-state index < -0.39 is 15.7 Å². The predicted octanol–water partition coefficient (Wildman–Crippen LogP) is 2.88. The van der Waals surface area contributed by atoms with Gasteiger partial charge >= 0.3 is 0 Å². The van der Waals surface area contributed by atoms with Crippen LogP contribution in [0.3, 0.4) is 0 Å². The molecule has 3 nitrogen and oxygen atoms in total. The zero-order valence-electron chi connectivity index (χ0n) is 12.1. The maximum Gasteiger partial charge on any atom is 0.182 e. The van der Waals surface area contributed by atoms with Gasteiger partial charge in [0.1, 0.15) is 5.82 Å². The Bertz CT molecular complexity index is 770. The first-order valence-corrected chi connectivity index (χ1v) is 8.26. The second-order valence-corrected chi connectivity index (χ2v) is 7.10. The van der Waals surface area contributed by atoms with Gasteiger partial charge < -0.3 is 5.73 Å². The third-order valence-electron chi connectivity index (χ3n) is 3.40. The van der Waals surface area contributed by atoms with Crippen LogP contribution < -0.4 is 5.73 Å². The van der Waals surface area contributed by atoms with E-state index in [0.29, 0.717) is 16.7 Å². The third-order valence-corrected chi connectivity index (χ3v) is 5.22. The van der Waals surface area contributed by atoms with Gasteiger partial charge in [-0.25, -0.2) is 12.8 Å². The first-order valence-electron chi connectivity index (χ1n) is 6.61. The minimum atomic E-state index is -3.53. The van der Waals surface area contributed by atoms with Crippen molar-refractivity contribution in [1.82, 2.24) is 0 Å². The summed E-state index contributed by atoms with van der Waals surface area (Å²) in [6, 6.07) is 9.24. The molecule has 0 aliphatic carbocycles. The van der Waals surface area contributed by atoms with Crippen molar-refractivity contribution in [3.05, 3.63) is 64.5 Å². The number of halogens is 1. The Kier molecular flexibility index (Phi) is 4.44. The zero-order chi connectivity index (χ0) is 15.6. The number of hydrogen-bond acceptors (Lipinski definition) is 3. The van der Waals surface area contributed by atoms with E-state index in [1.165, 1.54) is 18.2 Å². The molecule has 5 heteroatoms. The monoisotopic (exact) mass is 307 g/mol. The Morgan fingerprint density at radius 3 is 2.38 bits per heavy atom. The van der Waals surface area contributed by atoms with E-state index in [0.717, 1.165) is 5.56 Å². The van der Waals surface area contributed by atoms with Crippen molar-refractivity contribution in [2.24, 2.45) is 5.73 Å². The molecule has 0 saturated carbocycles. The van der Waals surface area contributed by atoms with Crippen LogP contribution in [-0.2, 0) is 22.1 Å². The summed E-state index contributed by atoms with van der Waals surface area (Å²) >= 11 is 0. The second kappa shape index (κ2) is 5.95. The summed E-state index contributed by atoms with van der Waals surface area (Å²) in [4.78, 5) is 0.278. The maximum absolute atomic E-state index is 13.4. The van der Waals surface area contributed by atoms with Gasteiger partial charge in [-0.15, -0.1) is 0 Å². The van der Waals surface area contributed by atoms with E-state index in [9.17, 15) is 12.8 Å². The average Bonchev–Trinajstić information content (AvgIpc) is 2.37. The van der Waals surface area contributed by atoms with E-state index >= 15 is 0 Å². The van der Waals surface area contributed by atoms with Gasteiger partial charge in [0.25, 0.3) is 0 Å². The van der Waals surface area contributed by atoms with Crippen molar-refractivity contribution in [1.29, 1.82) is 0 Å². The lowest BCUT2D eigenvalue weighted by molar-refractivity contribution is 0.593. The van der Waals surface area contributed by atoms with E-state index in [-0.39, 0.29) is 17.2 Å². The molecule has 0 aliphatic heterocycles. The maximum atomic E-state index is 13.4. The van der Waals surface area contributed by atoms with Crippen LogP contribution in [0.15, 0.2) is 41.3 Å². The molecule has 2 aromatic carbocycles. The molecular formula is C16H18FNO2S. The van der Waals surface area contributed by atoms with E-state index in [2.05, 4.69) is 0 Å². The number of aryl methyl sites for hydroxylation is 2. The normalized spacial score (nSPS) is 11.6. The minimum Gasteiger partial charge on any atom is -0.326 e. The van der Waals surface area contributed by atoms with E-state index in [4.69, 9.17) is 5.73 Å². The molecule has 0 bridgehead atoms. The Hall–Kier alpha value is -1.72. The molecule has 0 fully saturated rings. The van der Waals surface area contributed by atoms with Gasteiger partial charge in [-0.2, -0.15) is 0 Å². The average molecular weight is 307 g/mol. The van der Waals surface area contributed by atoms with Crippen molar-refractivity contribution in [3.8, 4) is 0 Å².